The lowest BCUT2D eigenvalue weighted by molar-refractivity contribution is -0.0144. The number of aliphatic hydroxyl groups is 1. The fourth-order valence-electron chi connectivity index (χ4n) is 0.685. The summed E-state index contributed by atoms with van der Waals surface area (Å²) >= 11 is 0. The van der Waals surface area contributed by atoms with Gasteiger partial charge in [0.25, 0.3) is 0 Å². The first-order chi connectivity index (χ1) is 5.22. The number of aliphatic hydroxyl groups excluding tert-OH is 1. The van der Waals surface area contributed by atoms with Gasteiger partial charge in [0, 0.05) is 7.11 Å². The predicted octanol–water partition coefficient (Wildman–Crippen LogP) is 0.853. The molecule has 1 unspecified atom stereocenters. The molecule has 0 bridgehead atoms. The Morgan fingerprint density at radius 2 is 2.27 bits per heavy atom. The highest BCUT2D eigenvalue weighted by molar-refractivity contribution is 4.80. The molecule has 0 saturated carbocycles. The molecule has 0 aliphatic heterocycles. The zero-order chi connectivity index (χ0) is 8.69. The smallest absolute Gasteiger partial charge is 0.152 e. The Balaban J connectivity index is 3.60. The first-order valence-electron chi connectivity index (χ1n) is 3.84. The minimum atomic E-state index is -0.499. The summed E-state index contributed by atoms with van der Waals surface area (Å²) in [5, 5.41) is 12.0. The summed E-state index contributed by atoms with van der Waals surface area (Å²) in [5.74, 6) is 0. The third-order valence-corrected chi connectivity index (χ3v) is 1.31. The SMILES string of the molecule is CC/C=C\N[C@H](OC)C(C)O. The summed E-state index contributed by atoms with van der Waals surface area (Å²) in [7, 11) is 1.56. The summed E-state index contributed by atoms with van der Waals surface area (Å²) in [6, 6.07) is 0. The predicted molar refractivity (Wildman–Crippen MR) is 45.0 cm³/mol. The van der Waals surface area contributed by atoms with Crippen molar-refractivity contribution >= 4 is 0 Å². The quantitative estimate of drug-likeness (QED) is 0.584. The highest BCUT2D eigenvalue weighted by Crippen LogP contribution is 1.92. The first kappa shape index (κ1) is 10.5. The van der Waals surface area contributed by atoms with Crippen LogP contribution in [-0.2, 0) is 4.74 Å². The minimum Gasteiger partial charge on any atom is -0.389 e. The molecule has 0 aliphatic rings. The van der Waals surface area contributed by atoms with Crippen molar-refractivity contribution in [2.24, 2.45) is 0 Å². The number of ether oxygens (including phenoxy) is 1. The topological polar surface area (TPSA) is 41.5 Å². The van der Waals surface area contributed by atoms with E-state index in [2.05, 4.69) is 5.32 Å². The maximum absolute atomic E-state index is 9.09. The maximum atomic E-state index is 9.09. The molecule has 0 radical (unpaired) electrons. The monoisotopic (exact) mass is 159 g/mol. The molecule has 0 aliphatic carbocycles. The van der Waals surface area contributed by atoms with Gasteiger partial charge in [0.15, 0.2) is 6.23 Å². The summed E-state index contributed by atoms with van der Waals surface area (Å²) in [5.41, 5.74) is 0. The van der Waals surface area contributed by atoms with Gasteiger partial charge in [0.05, 0.1) is 6.10 Å². The molecule has 0 heterocycles. The van der Waals surface area contributed by atoms with Crippen molar-refractivity contribution in [3.8, 4) is 0 Å². The van der Waals surface area contributed by atoms with Gasteiger partial charge in [-0.1, -0.05) is 13.0 Å². The van der Waals surface area contributed by atoms with Crippen molar-refractivity contribution in [3.05, 3.63) is 12.3 Å². The average Bonchev–Trinajstić information content (AvgIpc) is 1.97. The number of allylic oxidation sites excluding steroid dienone is 1. The van der Waals surface area contributed by atoms with Crippen LogP contribution in [0, 0.1) is 0 Å². The lowest BCUT2D eigenvalue weighted by atomic mass is 10.3. The molecule has 0 spiro atoms. The maximum Gasteiger partial charge on any atom is 0.152 e. The molecule has 2 N–H and O–H groups in total. The van der Waals surface area contributed by atoms with Crippen molar-refractivity contribution in [2.75, 3.05) is 7.11 Å². The fraction of sp³-hybridized carbons (Fsp3) is 0.750. The summed E-state index contributed by atoms with van der Waals surface area (Å²) in [6.45, 7) is 3.73. The molecule has 0 amide bonds. The van der Waals surface area contributed by atoms with E-state index in [1.165, 1.54) is 0 Å². The Morgan fingerprint density at radius 3 is 2.64 bits per heavy atom. The van der Waals surface area contributed by atoms with Crippen LogP contribution in [-0.4, -0.2) is 24.5 Å². The Kier molecular flexibility index (Phi) is 5.88. The van der Waals surface area contributed by atoms with E-state index < -0.39 is 6.10 Å². The van der Waals surface area contributed by atoms with Crippen LogP contribution >= 0.6 is 0 Å². The highest BCUT2D eigenvalue weighted by Gasteiger charge is 2.09. The molecule has 0 aromatic carbocycles. The molecular formula is C8H17NO2. The van der Waals surface area contributed by atoms with E-state index in [0.717, 1.165) is 6.42 Å². The Hall–Kier alpha value is -0.540. The van der Waals surface area contributed by atoms with Crippen molar-refractivity contribution < 1.29 is 9.84 Å². The molecule has 3 heteroatoms. The molecule has 66 valence electrons. The van der Waals surface area contributed by atoms with E-state index >= 15 is 0 Å². The van der Waals surface area contributed by atoms with E-state index in [1.54, 1.807) is 20.2 Å². The van der Waals surface area contributed by atoms with E-state index in [0.29, 0.717) is 0 Å². The summed E-state index contributed by atoms with van der Waals surface area (Å²) in [4.78, 5) is 0. The lowest BCUT2D eigenvalue weighted by Crippen LogP contribution is -2.36. The largest absolute Gasteiger partial charge is 0.389 e. The molecule has 0 saturated heterocycles. The Morgan fingerprint density at radius 1 is 1.64 bits per heavy atom. The van der Waals surface area contributed by atoms with Crippen LogP contribution in [0.5, 0.6) is 0 Å². The van der Waals surface area contributed by atoms with Gasteiger partial charge < -0.3 is 15.2 Å². The summed E-state index contributed by atoms with van der Waals surface area (Å²) < 4.78 is 4.95. The Labute approximate surface area is 68.1 Å². The van der Waals surface area contributed by atoms with Gasteiger partial charge in [-0.25, -0.2) is 0 Å². The van der Waals surface area contributed by atoms with E-state index in [1.807, 2.05) is 13.0 Å². The van der Waals surface area contributed by atoms with Crippen LogP contribution < -0.4 is 5.32 Å². The molecular weight excluding hydrogens is 142 g/mol. The first-order valence-corrected chi connectivity index (χ1v) is 3.84. The van der Waals surface area contributed by atoms with Crippen LogP contribution in [0.4, 0.5) is 0 Å². The normalized spacial score (nSPS) is 16.7. The number of hydrogen-bond acceptors (Lipinski definition) is 3. The van der Waals surface area contributed by atoms with Crippen molar-refractivity contribution in [3.63, 3.8) is 0 Å². The van der Waals surface area contributed by atoms with Crippen molar-refractivity contribution in [2.45, 2.75) is 32.6 Å². The average molecular weight is 159 g/mol. The second-order valence-corrected chi connectivity index (χ2v) is 2.37. The fourth-order valence-corrected chi connectivity index (χ4v) is 0.685. The standard InChI is InChI=1S/C8H17NO2/c1-4-5-6-9-8(11-3)7(2)10/h5-10H,4H2,1-3H3/b6-5-/t7?,8-/m1/s1. The van der Waals surface area contributed by atoms with Gasteiger partial charge in [-0.3, -0.25) is 0 Å². The second kappa shape index (κ2) is 6.19. The lowest BCUT2D eigenvalue weighted by Gasteiger charge is -2.17. The van der Waals surface area contributed by atoms with Crippen LogP contribution in [0.1, 0.15) is 20.3 Å². The van der Waals surface area contributed by atoms with Crippen LogP contribution in [0.3, 0.4) is 0 Å². The third kappa shape index (κ3) is 4.81. The third-order valence-electron chi connectivity index (χ3n) is 1.31. The number of rotatable bonds is 5. The molecule has 2 atom stereocenters. The Bertz CT molecular complexity index is 113. The minimum absolute atomic E-state index is 0.308. The molecule has 0 fully saturated rings. The van der Waals surface area contributed by atoms with Gasteiger partial charge in [0.2, 0.25) is 0 Å². The molecule has 0 aromatic heterocycles. The molecule has 3 nitrogen and oxygen atoms in total. The molecule has 11 heavy (non-hydrogen) atoms. The molecule has 0 rings (SSSR count). The van der Waals surface area contributed by atoms with Gasteiger partial charge in [-0.15, -0.1) is 0 Å². The number of hydrogen-bond donors (Lipinski definition) is 2. The van der Waals surface area contributed by atoms with E-state index in [4.69, 9.17) is 9.84 Å². The second-order valence-electron chi connectivity index (χ2n) is 2.37. The number of methoxy groups -OCH3 is 1. The van der Waals surface area contributed by atoms with E-state index in [9.17, 15) is 0 Å². The molecule has 0 aromatic rings. The zero-order valence-corrected chi connectivity index (χ0v) is 7.37. The van der Waals surface area contributed by atoms with E-state index in [-0.39, 0.29) is 6.23 Å². The summed E-state index contributed by atoms with van der Waals surface area (Å²) in [6.07, 6.45) is 3.93. The highest BCUT2D eigenvalue weighted by atomic mass is 16.5. The van der Waals surface area contributed by atoms with Gasteiger partial charge >= 0.3 is 0 Å². The van der Waals surface area contributed by atoms with Crippen LogP contribution in [0.25, 0.3) is 0 Å². The van der Waals surface area contributed by atoms with Crippen LogP contribution in [0.2, 0.25) is 0 Å². The van der Waals surface area contributed by atoms with Gasteiger partial charge in [-0.05, 0) is 19.5 Å². The van der Waals surface area contributed by atoms with Gasteiger partial charge in [-0.2, -0.15) is 0 Å². The number of nitrogens with one attached hydrogen (secondary N) is 1. The van der Waals surface area contributed by atoms with Crippen molar-refractivity contribution in [1.82, 2.24) is 5.32 Å². The van der Waals surface area contributed by atoms with Crippen LogP contribution in [0.15, 0.2) is 12.3 Å². The zero-order valence-electron chi connectivity index (χ0n) is 7.37. The van der Waals surface area contributed by atoms with Gasteiger partial charge in [0.1, 0.15) is 0 Å². The van der Waals surface area contributed by atoms with Crippen molar-refractivity contribution in [1.29, 1.82) is 0 Å².